The third-order valence-corrected chi connectivity index (χ3v) is 6.42. The fourth-order valence-corrected chi connectivity index (χ4v) is 4.79. The zero-order chi connectivity index (χ0) is 22.4. The zero-order valence-electron chi connectivity index (χ0n) is 17.1. The predicted octanol–water partition coefficient (Wildman–Crippen LogP) is 3.53. The predicted molar refractivity (Wildman–Crippen MR) is 121 cm³/mol. The molecule has 4 amide bonds. The summed E-state index contributed by atoms with van der Waals surface area (Å²) in [4.78, 5) is 39.5. The highest BCUT2D eigenvalue weighted by molar-refractivity contribution is 6.30. The van der Waals surface area contributed by atoms with Crippen LogP contribution in [0.25, 0.3) is 10.9 Å². The molecule has 4 N–H and O–H groups in total. The molecule has 1 aromatic heterocycles. The van der Waals surface area contributed by atoms with Gasteiger partial charge in [0.2, 0.25) is 5.91 Å². The quantitative estimate of drug-likeness (QED) is 0.564. The van der Waals surface area contributed by atoms with E-state index in [1.54, 1.807) is 29.2 Å². The number of aromatic nitrogens is 1. The SMILES string of the molecule is NC(=O)n1cc(NC(=O)N2[C@@H]3C[C@@H]3C[C@H]2C(=O)NCc2cccc(Cl)c2)c2ccccc21. The van der Waals surface area contributed by atoms with E-state index in [9.17, 15) is 14.4 Å². The van der Waals surface area contributed by atoms with E-state index in [1.165, 1.54) is 10.8 Å². The Morgan fingerprint density at radius 3 is 2.69 bits per heavy atom. The fraction of sp³-hybridized carbons (Fsp3) is 0.261. The lowest BCUT2D eigenvalue weighted by Gasteiger charge is -2.27. The highest BCUT2D eigenvalue weighted by Crippen LogP contribution is 2.48. The van der Waals surface area contributed by atoms with Gasteiger partial charge >= 0.3 is 12.1 Å². The molecule has 9 heteroatoms. The smallest absolute Gasteiger partial charge is 0.323 e. The molecular weight excluding hydrogens is 430 g/mol. The number of primary amides is 1. The molecule has 3 aromatic rings. The second-order valence-electron chi connectivity index (χ2n) is 8.27. The number of fused-ring (bicyclic) bond motifs is 2. The zero-order valence-corrected chi connectivity index (χ0v) is 17.9. The van der Waals surface area contributed by atoms with E-state index in [4.69, 9.17) is 17.3 Å². The van der Waals surface area contributed by atoms with Crippen LogP contribution in [0.3, 0.4) is 0 Å². The van der Waals surface area contributed by atoms with E-state index in [1.807, 2.05) is 24.3 Å². The van der Waals surface area contributed by atoms with E-state index in [0.29, 0.717) is 40.5 Å². The van der Waals surface area contributed by atoms with Gasteiger partial charge in [-0.2, -0.15) is 0 Å². The number of piperidine rings is 1. The molecule has 2 heterocycles. The Balaban J connectivity index is 1.32. The van der Waals surface area contributed by atoms with Crippen LogP contribution in [-0.4, -0.2) is 39.5 Å². The van der Waals surface area contributed by atoms with Crippen molar-refractivity contribution in [3.8, 4) is 0 Å². The highest BCUT2D eigenvalue weighted by Gasteiger charge is 2.56. The number of anilines is 1. The van der Waals surface area contributed by atoms with Crippen LogP contribution in [-0.2, 0) is 11.3 Å². The summed E-state index contributed by atoms with van der Waals surface area (Å²) in [5.74, 6) is 0.154. The van der Waals surface area contributed by atoms with E-state index in [2.05, 4.69) is 10.6 Å². The maximum Gasteiger partial charge on any atom is 0.323 e. The van der Waals surface area contributed by atoms with E-state index < -0.39 is 12.1 Å². The van der Waals surface area contributed by atoms with Gasteiger partial charge in [0.25, 0.3) is 0 Å². The number of hydrogen-bond donors (Lipinski definition) is 3. The number of urea groups is 1. The Bertz CT molecular complexity index is 1240. The number of rotatable bonds is 4. The average Bonchev–Trinajstić information content (AvgIpc) is 3.28. The summed E-state index contributed by atoms with van der Waals surface area (Å²) < 4.78 is 1.30. The van der Waals surface area contributed by atoms with Crippen molar-refractivity contribution in [3.05, 3.63) is 65.3 Å². The first-order chi connectivity index (χ1) is 15.4. The number of amides is 4. The van der Waals surface area contributed by atoms with Crippen molar-refractivity contribution in [1.82, 2.24) is 14.8 Å². The number of nitrogens with zero attached hydrogens (tertiary/aromatic N) is 2. The molecule has 1 saturated carbocycles. The maximum absolute atomic E-state index is 13.2. The molecule has 0 bridgehead atoms. The maximum atomic E-state index is 13.2. The molecule has 1 saturated heterocycles. The van der Waals surface area contributed by atoms with Crippen molar-refractivity contribution in [2.45, 2.75) is 31.5 Å². The molecule has 8 nitrogen and oxygen atoms in total. The van der Waals surface area contributed by atoms with Crippen LogP contribution in [0, 0.1) is 5.92 Å². The van der Waals surface area contributed by atoms with Crippen LogP contribution in [0.15, 0.2) is 54.7 Å². The normalized spacial score (nSPS) is 21.3. The molecule has 164 valence electrons. The van der Waals surface area contributed by atoms with Gasteiger partial charge in [-0.3, -0.25) is 9.36 Å². The fourth-order valence-electron chi connectivity index (χ4n) is 4.58. The van der Waals surface area contributed by atoms with Crippen molar-refractivity contribution < 1.29 is 14.4 Å². The first-order valence-corrected chi connectivity index (χ1v) is 10.8. The largest absolute Gasteiger partial charge is 0.351 e. The summed E-state index contributed by atoms with van der Waals surface area (Å²) in [6, 6.07) is 13.0. The van der Waals surface area contributed by atoms with Crippen molar-refractivity contribution in [2.75, 3.05) is 5.32 Å². The molecule has 2 fully saturated rings. The molecule has 2 aromatic carbocycles. The molecule has 1 aliphatic heterocycles. The summed E-state index contributed by atoms with van der Waals surface area (Å²) >= 11 is 6.01. The summed E-state index contributed by atoms with van der Waals surface area (Å²) in [5.41, 5.74) is 7.45. The Kier molecular flexibility index (Phi) is 5.01. The standard InChI is InChI=1S/C23H22ClN5O3/c24-15-5-3-4-13(8-15)11-26-21(30)20-10-14-9-19(14)29(20)23(32)27-17-12-28(22(25)31)18-7-2-1-6-16(17)18/h1-8,12,14,19-20H,9-11H2,(H2,25,31)(H,26,30)(H,27,32)/t14-,19-,20+/m1/s1. The van der Waals surface area contributed by atoms with Crippen LogP contribution in [0.5, 0.6) is 0 Å². The van der Waals surface area contributed by atoms with Gasteiger partial charge < -0.3 is 21.3 Å². The van der Waals surface area contributed by atoms with Gasteiger partial charge in [-0.25, -0.2) is 9.59 Å². The molecule has 2 aliphatic rings. The molecule has 32 heavy (non-hydrogen) atoms. The lowest BCUT2D eigenvalue weighted by Crippen LogP contribution is -2.49. The topological polar surface area (TPSA) is 109 Å². The van der Waals surface area contributed by atoms with E-state index in [0.717, 1.165) is 12.0 Å². The summed E-state index contributed by atoms with van der Waals surface area (Å²) in [6.07, 6.45) is 3.05. The van der Waals surface area contributed by atoms with Crippen molar-refractivity contribution in [1.29, 1.82) is 0 Å². The first kappa shape index (κ1) is 20.4. The van der Waals surface area contributed by atoms with Crippen LogP contribution < -0.4 is 16.4 Å². The van der Waals surface area contributed by atoms with Gasteiger partial charge in [-0.1, -0.05) is 41.9 Å². The van der Waals surface area contributed by atoms with Gasteiger partial charge in [0.1, 0.15) is 6.04 Å². The van der Waals surface area contributed by atoms with E-state index in [-0.39, 0.29) is 18.0 Å². The number of nitrogens with one attached hydrogen (secondary N) is 2. The van der Waals surface area contributed by atoms with Gasteiger partial charge in [0, 0.05) is 29.2 Å². The molecule has 5 rings (SSSR count). The van der Waals surface area contributed by atoms with Gasteiger partial charge in [0.15, 0.2) is 0 Å². The van der Waals surface area contributed by atoms with Crippen molar-refractivity contribution in [3.63, 3.8) is 0 Å². The van der Waals surface area contributed by atoms with Crippen LogP contribution in [0.2, 0.25) is 5.02 Å². The molecule has 0 unspecified atom stereocenters. The highest BCUT2D eigenvalue weighted by atomic mass is 35.5. The minimum atomic E-state index is -0.636. The Morgan fingerprint density at radius 1 is 1.09 bits per heavy atom. The van der Waals surface area contributed by atoms with Crippen LogP contribution >= 0.6 is 11.6 Å². The third kappa shape index (κ3) is 3.67. The summed E-state index contributed by atoms with van der Waals surface area (Å²) in [5, 5.41) is 7.12. The first-order valence-electron chi connectivity index (χ1n) is 10.4. The van der Waals surface area contributed by atoms with Gasteiger partial charge in [0.05, 0.1) is 11.2 Å². The number of carbonyl (C=O) groups is 3. The second-order valence-corrected chi connectivity index (χ2v) is 8.70. The van der Waals surface area contributed by atoms with Gasteiger partial charge in [-0.05, 0) is 42.5 Å². The molecular formula is C23H22ClN5O3. The van der Waals surface area contributed by atoms with E-state index >= 15 is 0 Å². The Morgan fingerprint density at radius 2 is 1.91 bits per heavy atom. The van der Waals surface area contributed by atoms with Crippen LogP contribution in [0.4, 0.5) is 15.3 Å². The third-order valence-electron chi connectivity index (χ3n) is 6.19. The number of nitrogens with two attached hydrogens (primary N) is 1. The number of halogens is 1. The lowest BCUT2D eigenvalue weighted by molar-refractivity contribution is -0.125. The van der Waals surface area contributed by atoms with Crippen molar-refractivity contribution in [2.24, 2.45) is 11.7 Å². The van der Waals surface area contributed by atoms with Crippen molar-refractivity contribution >= 4 is 46.2 Å². The summed E-state index contributed by atoms with van der Waals surface area (Å²) in [6.45, 7) is 0.340. The number of para-hydroxylation sites is 1. The molecule has 0 spiro atoms. The number of benzene rings is 2. The average molecular weight is 452 g/mol. The van der Waals surface area contributed by atoms with Crippen LogP contribution in [0.1, 0.15) is 18.4 Å². The Labute approximate surface area is 189 Å². The lowest BCUT2D eigenvalue weighted by atomic mass is 10.1. The van der Waals surface area contributed by atoms with Gasteiger partial charge in [-0.15, -0.1) is 0 Å². The minimum Gasteiger partial charge on any atom is -0.351 e. The number of likely N-dealkylation sites (tertiary alicyclic amines) is 1. The molecule has 3 atom stereocenters. The number of hydrogen-bond acceptors (Lipinski definition) is 3. The second kappa shape index (κ2) is 7.87. The number of carbonyl (C=O) groups excluding carboxylic acids is 3. The molecule has 1 aliphatic carbocycles. The minimum absolute atomic E-state index is 0.0569. The summed E-state index contributed by atoms with van der Waals surface area (Å²) in [7, 11) is 0. The molecule has 0 radical (unpaired) electrons. The monoisotopic (exact) mass is 451 g/mol. The Hall–Kier alpha value is -3.52.